The van der Waals surface area contributed by atoms with Crippen LogP contribution in [0.15, 0.2) is 36.4 Å². The predicted molar refractivity (Wildman–Crippen MR) is 63.4 cm³/mol. The number of ether oxygens (including phenoxy) is 1. The van der Waals surface area contributed by atoms with E-state index in [0.29, 0.717) is 5.56 Å². The maximum Gasteiger partial charge on any atom is 0.186 e. The number of benzene rings is 1. The first-order valence-corrected chi connectivity index (χ1v) is 5.43. The van der Waals surface area contributed by atoms with Gasteiger partial charge in [0.05, 0.1) is 12.0 Å². The Balaban J connectivity index is 2.68. The van der Waals surface area contributed by atoms with E-state index in [4.69, 9.17) is 10.00 Å². The van der Waals surface area contributed by atoms with Gasteiger partial charge in [0.2, 0.25) is 0 Å². The van der Waals surface area contributed by atoms with Crippen molar-refractivity contribution in [3.8, 4) is 6.07 Å². The van der Waals surface area contributed by atoms with Crippen molar-refractivity contribution in [1.82, 2.24) is 0 Å². The van der Waals surface area contributed by atoms with Gasteiger partial charge in [0, 0.05) is 18.2 Å². The first-order chi connectivity index (χ1) is 8.15. The van der Waals surface area contributed by atoms with Crippen molar-refractivity contribution in [2.75, 3.05) is 7.11 Å². The van der Waals surface area contributed by atoms with Crippen molar-refractivity contribution in [1.29, 1.82) is 5.26 Å². The molecule has 0 fully saturated rings. The lowest BCUT2D eigenvalue weighted by Gasteiger charge is -2.35. The minimum atomic E-state index is -0.820. The molecule has 0 spiro atoms. The van der Waals surface area contributed by atoms with E-state index in [2.05, 4.69) is 6.07 Å². The van der Waals surface area contributed by atoms with E-state index in [1.54, 1.807) is 26.2 Å². The van der Waals surface area contributed by atoms with Crippen LogP contribution in [0.1, 0.15) is 22.8 Å². The van der Waals surface area contributed by atoms with Crippen molar-refractivity contribution in [3.05, 3.63) is 47.5 Å². The number of allylic oxidation sites excluding steroid dienone is 1. The zero-order valence-corrected chi connectivity index (χ0v) is 9.81. The highest BCUT2D eigenvalue weighted by Gasteiger charge is 2.40. The normalized spacial score (nSPS) is 23.9. The Bertz CT molecular complexity index is 527. The molecule has 0 radical (unpaired) electrons. The van der Waals surface area contributed by atoms with Crippen molar-refractivity contribution in [3.63, 3.8) is 0 Å². The Hall–Kier alpha value is -1.92. The minimum Gasteiger partial charge on any atom is -0.368 e. The Kier molecular flexibility index (Phi) is 2.83. The molecule has 0 amide bonds. The third kappa shape index (κ3) is 1.58. The van der Waals surface area contributed by atoms with Crippen LogP contribution in [0.25, 0.3) is 0 Å². The SMILES string of the molecule is CO[C@]1([C@@H](C)C#N)C=CC(=O)c2ccccc21. The Morgan fingerprint density at radius 2 is 2.12 bits per heavy atom. The summed E-state index contributed by atoms with van der Waals surface area (Å²) >= 11 is 0. The van der Waals surface area contributed by atoms with Gasteiger partial charge in [-0.25, -0.2) is 0 Å². The quantitative estimate of drug-likeness (QED) is 0.779. The Morgan fingerprint density at radius 3 is 2.76 bits per heavy atom. The number of methoxy groups -OCH3 is 1. The summed E-state index contributed by atoms with van der Waals surface area (Å²) in [5.74, 6) is -0.406. The van der Waals surface area contributed by atoms with Crippen molar-refractivity contribution in [2.24, 2.45) is 5.92 Å². The van der Waals surface area contributed by atoms with Crippen LogP contribution < -0.4 is 0 Å². The monoisotopic (exact) mass is 227 g/mol. The van der Waals surface area contributed by atoms with Crippen molar-refractivity contribution >= 4 is 5.78 Å². The van der Waals surface area contributed by atoms with Crippen LogP contribution in [0.4, 0.5) is 0 Å². The molecule has 3 nitrogen and oxygen atoms in total. The molecule has 0 aromatic heterocycles. The number of carbonyl (C=O) groups is 1. The van der Waals surface area contributed by atoms with Crippen molar-refractivity contribution in [2.45, 2.75) is 12.5 Å². The summed E-state index contributed by atoms with van der Waals surface area (Å²) < 4.78 is 5.54. The molecule has 17 heavy (non-hydrogen) atoms. The number of rotatable bonds is 2. The summed E-state index contributed by atoms with van der Waals surface area (Å²) in [4.78, 5) is 11.8. The molecular weight excluding hydrogens is 214 g/mol. The second-order valence-electron chi connectivity index (χ2n) is 4.09. The molecule has 86 valence electrons. The smallest absolute Gasteiger partial charge is 0.186 e. The second kappa shape index (κ2) is 4.15. The van der Waals surface area contributed by atoms with Crippen LogP contribution in [0.3, 0.4) is 0 Å². The molecule has 0 saturated heterocycles. The van der Waals surface area contributed by atoms with Gasteiger partial charge in [-0.05, 0) is 19.1 Å². The van der Waals surface area contributed by atoms with E-state index in [1.165, 1.54) is 6.08 Å². The average Bonchev–Trinajstić information content (AvgIpc) is 2.39. The molecule has 0 unspecified atom stereocenters. The van der Waals surface area contributed by atoms with Crippen LogP contribution in [0.2, 0.25) is 0 Å². The summed E-state index contributed by atoms with van der Waals surface area (Å²) in [6.45, 7) is 1.79. The first kappa shape index (κ1) is 11.6. The fourth-order valence-electron chi connectivity index (χ4n) is 2.25. The fourth-order valence-corrected chi connectivity index (χ4v) is 2.25. The molecule has 0 bridgehead atoms. The number of carbonyl (C=O) groups excluding carboxylic acids is 1. The molecule has 0 aliphatic heterocycles. The summed E-state index contributed by atoms with van der Waals surface area (Å²) in [6.07, 6.45) is 3.17. The molecule has 2 rings (SSSR count). The molecule has 0 saturated carbocycles. The summed E-state index contributed by atoms with van der Waals surface area (Å²) in [6, 6.07) is 9.46. The maximum absolute atomic E-state index is 11.8. The molecule has 0 heterocycles. The van der Waals surface area contributed by atoms with E-state index >= 15 is 0 Å². The van der Waals surface area contributed by atoms with Gasteiger partial charge >= 0.3 is 0 Å². The summed E-state index contributed by atoms with van der Waals surface area (Å²) in [5.41, 5.74) is 0.558. The molecule has 1 aromatic carbocycles. The molecule has 3 heteroatoms. The molecule has 1 aromatic rings. The third-order valence-electron chi connectivity index (χ3n) is 3.27. The van der Waals surface area contributed by atoms with Gasteiger partial charge in [-0.3, -0.25) is 4.79 Å². The highest BCUT2D eigenvalue weighted by atomic mass is 16.5. The van der Waals surface area contributed by atoms with E-state index < -0.39 is 5.60 Å². The molecule has 2 atom stereocenters. The van der Waals surface area contributed by atoms with E-state index in [9.17, 15) is 4.79 Å². The molecule has 0 N–H and O–H groups in total. The highest BCUT2D eigenvalue weighted by molar-refractivity contribution is 6.07. The van der Waals surface area contributed by atoms with Crippen LogP contribution in [-0.2, 0) is 10.3 Å². The lowest BCUT2D eigenvalue weighted by atomic mass is 9.76. The van der Waals surface area contributed by atoms with Gasteiger partial charge in [-0.15, -0.1) is 0 Å². The van der Waals surface area contributed by atoms with E-state index in [1.807, 2.05) is 18.2 Å². The first-order valence-electron chi connectivity index (χ1n) is 5.43. The minimum absolute atomic E-state index is 0.0431. The Labute approximate surface area is 100 Å². The number of nitrogens with zero attached hydrogens (tertiary/aromatic N) is 1. The largest absolute Gasteiger partial charge is 0.368 e. The number of nitriles is 1. The Morgan fingerprint density at radius 1 is 1.41 bits per heavy atom. The molecule has 1 aliphatic rings. The van der Waals surface area contributed by atoms with Gasteiger partial charge in [0.15, 0.2) is 5.78 Å². The van der Waals surface area contributed by atoms with Gasteiger partial charge in [-0.1, -0.05) is 24.3 Å². The number of hydrogen-bond donors (Lipinski definition) is 0. The zero-order chi connectivity index (χ0) is 12.5. The topological polar surface area (TPSA) is 50.1 Å². The van der Waals surface area contributed by atoms with Gasteiger partial charge in [-0.2, -0.15) is 5.26 Å². The maximum atomic E-state index is 11.8. The van der Waals surface area contributed by atoms with E-state index in [0.717, 1.165) is 5.56 Å². The fraction of sp³-hybridized carbons (Fsp3) is 0.286. The van der Waals surface area contributed by atoms with Gasteiger partial charge in [0.25, 0.3) is 0 Å². The zero-order valence-electron chi connectivity index (χ0n) is 9.81. The third-order valence-corrected chi connectivity index (χ3v) is 3.27. The lowest BCUT2D eigenvalue weighted by molar-refractivity contribution is -0.000650. The molecular formula is C14H13NO2. The van der Waals surface area contributed by atoms with Gasteiger partial charge < -0.3 is 4.74 Å². The summed E-state index contributed by atoms with van der Waals surface area (Å²) in [5, 5.41) is 9.13. The standard InChI is InChI=1S/C14H13NO2/c1-10(9-15)14(17-2)8-7-13(16)11-5-3-4-6-12(11)14/h3-8,10H,1-2H3/t10-,14-/m0/s1. The number of ketones is 1. The highest BCUT2D eigenvalue weighted by Crippen LogP contribution is 2.39. The van der Waals surface area contributed by atoms with Crippen molar-refractivity contribution < 1.29 is 9.53 Å². The summed E-state index contributed by atoms with van der Waals surface area (Å²) in [7, 11) is 1.56. The lowest BCUT2D eigenvalue weighted by Crippen LogP contribution is -2.37. The predicted octanol–water partition coefficient (Wildman–Crippen LogP) is 2.44. The van der Waals surface area contributed by atoms with Crippen LogP contribution >= 0.6 is 0 Å². The van der Waals surface area contributed by atoms with E-state index in [-0.39, 0.29) is 11.7 Å². The average molecular weight is 227 g/mol. The van der Waals surface area contributed by atoms with Crippen LogP contribution in [-0.4, -0.2) is 12.9 Å². The second-order valence-corrected chi connectivity index (χ2v) is 4.09. The molecule has 1 aliphatic carbocycles. The van der Waals surface area contributed by atoms with Gasteiger partial charge in [0.1, 0.15) is 5.60 Å². The van der Waals surface area contributed by atoms with Crippen LogP contribution in [0.5, 0.6) is 0 Å². The van der Waals surface area contributed by atoms with Crippen LogP contribution in [0, 0.1) is 17.2 Å². The number of hydrogen-bond acceptors (Lipinski definition) is 3. The number of fused-ring (bicyclic) bond motifs is 1.